The molecule has 3 aromatic rings. The Kier molecular flexibility index (Phi) is 3.41. The van der Waals surface area contributed by atoms with E-state index in [0.717, 1.165) is 34.8 Å². The highest BCUT2D eigenvalue weighted by Gasteiger charge is 2.33. The number of rotatable bonds is 3. The molecule has 0 N–H and O–H groups in total. The Morgan fingerprint density at radius 3 is 2.62 bits per heavy atom. The van der Waals surface area contributed by atoms with Gasteiger partial charge in [0.25, 0.3) is 0 Å². The van der Waals surface area contributed by atoms with Crippen molar-refractivity contribution < 1.29 is 4.42 Å². The molecule has 1 aliphatic rings. The molecule has 7 heteroatoms. The van der Waals surface area contributed by atoms with Crippen LogP contribution >= 0.6 is 0 Å². The first-order valence-electron chi connectivity index (χ1n) is 7.81. The van der Waals surface area contributed by atoms with E-state index in [9.17, 15) is 0 Å². The first kappa shape index (κ1) is 14.6. The van der Waals surface area contributed by atoms with Crippen molar-refractivity contribution in [2.45, 2.75) is 26.3 Å². The highest BCUT2D eigenvalue weighted by Crippen LogP contribution is 2.35. The second kappa shape index (κ2) is 5.59. The molecule has 0 aromatic carbocycles. The zero-order valence-electron chi connectivity index (χ0n) is 13.8. The number of furan rings is 1. The maximum Gasteiger partial charge on any atom is 0.246 e. The molecule has 0 radical (unpaired) electrons. The number of aryl methyl sites for hydroxylation is 3. The van der Waals surface area contributed by atoms with Gasteiger partial charge in [-0.2, -0.15) is 10.2 Å². The number of hydrogen-bond donors (Lipinski definition) is 0. The molecule has 0 saturated heterocycles. The van der Waals surface area contributed by atoms with Crippen LogP contribution in [-0.2, 0) is 7.05 Å². The monoisotopic (exact) mass is 322 g/mol. The fourth-order valence-electron chi connectivity index (χ4n) is 3.06. The van der Waals surface area contributed by atoms with Gasteiger partial charge >= 0.3 is 0 Å². The highest BCUT2D eigenvalue weighted by atomic mass is 16.3. The second-order valence-electron chi connectivity index (χ2n) is 5.93. The summed E-state index contributed by atoms with van der Waals surface area (Å²) < 4.78 is 7.46. The lowest BCUT2D eigenvalue weighted by atomic mass is 10.0. The molecular formula is C17H18N6O. The molecule has 0 spiro atoms. The first-order valence-corrected chi connectivity index (χ1v) is 7.81. The molecule has 0 amide bonds. The fraction of sp³-hybridized carbons (Fsp3) is 0.294. The summed E-state index contributed by atoms with van der Waals surface area (Å²) in [6.07, 6.45) is 8.08. The van der Waals surface area contributed by atoms with Crippen LogP contribution < -0.4 is 5.01 Å². The summed E-state index contributed by atoms with van der Waals surface area (Å²) >= 11 is 0. The van der Waals surface area contributed by atoms with Crippen molar-refractivity contribution in [3.8, 4) is 0 Å². The molecule has 0 bridgehead atoms. The van der Waals surface area contributed by atoms with Crippen molar-refractivity contribution in [3.05, 3.63) is 59.6 Å². The van der Waals surface area contributed by atoms with Crippen LogP contribution in [0.15, 0.2) is 46.4 Å². The van der Waals surface area contributed by atoms with E-state index < -0.39 is 0 Å². The van der Waals surface area contributed by atoms with Crippen LogP contribution in [-0.4, -0.2) is 25.5 Å². The molecule has 3 aromatic heterocycles. The van der Waals surface area contributed by atoms with E-state index in [-0.39, 0.29) is 6.04 Å². The minimum absolute atomic E-state index is 0.0192. The quantitative estimate of drug-likeness (QED) is 0.741. The van der Waals surface area contributed by atoms with Crippen LogP contribution in [0.2, 0.25) is 0 Å². The van der Waals surface area contributed by atoms with Gasteiger partial charge in [-0.05, 0) is 26.0 Å². The summed E-state index contributed by atoms with van der Waals surface area (Å²) in [7, 11) is 1.91. The Hall–Kier alpha value is -2.96. The summed E-state index contributed by atoms with van der Waals surface area (Å²) in [5.41, 5.74) is 3.10. The Balaban J connectivity index is 1.77. The molecule has 122 valence electrons. The van der Waals surface area contributed by atoms with Gasteiger partial charge < -0.3 is 4.42 Å². The van der Waals surface area contributed by atoms with Crippen molar-refractivity contribution in [2.75, 3.05) is 5.01 Å². The van der Waals surface area contributed by atoms with Crippen LogP contribution in [0.3, 0.4) is 0 Å². The first-order chi connectivity index (χ1) is 11.6. The van der Waals surface area contributed by atoms with E-state index >= 15 is 0 Å². The van der Waals surface area contributed by atoms with Gasteiger partial charge in [-0.25, -0.2) is 15.0 Å². The minimum Gasteiger partial charge on any atom is -0.466 e. The lowest BCUT2D eigenvalue weighted by molar-refractivity contribution is 0.504. The molecule has 1 aliphatic heterocycles. The van der Waals surface area contributed by atoms with Crippen LogP contribution in [0.1, 0.15) is 35.1 Å². The zero-order valence-corrected chi connectivity index (χ0v) is 13.8. The van der Waals surface area contributed by atoms with Crippen molar-refractivity contribution >= 4 is 11.7 Å². The van der Waals surface area contributed by atoms with E-state index in [1.807, 2.05) is 44.4 Å². The molecule has 1 unspecified atom stereocenters. The average Bonchev–Trinajstić information content (AvgIpc) is 3.26. The molecule has 1 atom stereocenters. The van der Waals surface area contributed by atoms with Crippen molar-refractivity contribution in [1.29, 1.82) is 0 Å². The van der Waals surface area contributed by atoms with Gasteiger partial charge in [-0.3, -0.25) is 4.68 Å². The van der Waals surface area contributed by atoms with Gasteiger partial charge in [-0.1, -0.05) is 0 Å². The number of aromatic nitrogens is 4. The van der Waals surface area contributed by atoms with E-state index in [0.29, 0.717) is 5.95 Å². The van der Waals surface area contributed by atoms with Crippen molar-refractivity contribution in [3.63, 3.8) is 0 Å². The van der Waals surface area contributed by atoms with E-state index in [1.165, 1.54) is 0 Å². The van der Waals surface area contributed by atoms with E-state index in [4.69, 9.17) is 9.52 Å². The SMILES string of the molecule is Cc1cc(C2=NN(c3ncccn3)C(c3cnn(C)c3)C2)c(C)o1. The van der Waals surface area contributed by atoms with Gasteiger partial charge in [0.05, 0.1) is 18.0 Å². The number of nitrogens with zero attached hydrogens (tertiary/aromatic N) is 6. The maximum atomic E-state index is 5.67. The Morgan fingerprint density at radius 1 is 1.21 bits per heavy atom. The van der Waals surface area contributed by atoms with Crippen LogP contribution in [0.25, 0.3) is 0 Å². The number of anilines is 1. The van der Waals surface area contributed by atoms with Gasteiger partial charge in [0.1, 0.15) is 11.5 Å². The van der Waals surface area contributed by atoms with Crippen molar-refractivity contribution in [1.82, 2.24) is 19.7 Å². The van der Waals surface area contributed by atoms with E-state index in [1.54, 1.807) is 23.1 Å². The van der Waals surface area contributed by atoms with E-state index in [2.05, 4.69) is 15.1 Å². The predicted octanol–water partition coefficient (Wildman–Crippen LogP) is 2.78. The van der Waals surface area contributed by atoms with Crippen LogP contribution in [0.4, 0.5) is 5.95 Å². The molecule has 0 saturated carbocycles. The van der Waals surface area contributed by atoms with Crippen LogP contribution in [0.5, 0.6) is 0 Å². The predicted molar refractivity (Wildman–Crippen MR) is 89.8 cm³/mol. The maximum absolute atomic E-state index is 5.67. The van der Waals surface area contributed by atoms with Gasteiger partial charge in [0, 0.05) is 43.2 Å². The summed E-state index contributed by atoms with van der Waals surface area (Å²) in [6, 6.07) is 3.85. The summed E-state index contributed by atoms with van der Waals surface area (Å²) in [4.78, 5) is 8.71. The number of hydrogen-bond acceptors (Lipinski definition) is 6. The highest BCUT2D eigenvalue weighted by molar-refractivity contribution is 6.04. The van der Waals surface area contributed by atoms with Crippen LogP contribution in [0, 0.1) is 13.8 Å². The molecule has 0 aliphatic carbocycles. The van der Waals surface area contributed by atoms with Gasteiger partial charge in [0.2, 0.25) is 5.95 Å². The summed E-state index contributed by atoms with van der Waals surface area (Å²) in [6.45, 7) is 3.91. The number of hydrazone groups is 1. The molecule has 0 fully saturated rings. The molecule has 4 heterocycles. The van der Waals surface area contributed by atoms with Crippen molar-refractivity contribution in [2.24, 2.45) is 12.1 Å². The third-order valence-electron chi connectivity index (χ3n) is 4.13. The minimum atomic E-state index is 0.0192. The standard InChI is InChI=1S/C17H18N6O/c1-11-7-14(12(2)24-11)15-8-16(13-9-20-22(3)10-13)23(21-15)17-18-5-4-6-19-17/h4-7,9-10,16H,8H2,1-3H3. The lowest BCUT2D eigenvalue weighted by Crippen LogP contribution is -2.20. The Morgan fingerprint density at radius 2 is 2.00 bits per heavy atom. The topological polar surface area (TPSA) is 72.3 Å². The smallest absolute Gasteiger partial charge is 0.246 e. The fourth-order valence-corrected chi connectivity index (χ4v) is 3.06. The lowest BCUT2D eigenvalue weighted by Gasteiger charge is -2.19. The average molecular weight is 322 g/mol. The second-order valence-corrected chi connectivity index (χ2v) is 5.93. The molecule has 7 nitrogen and oxygen atoms in total. The molecule has 24 heavy (non-hydrogen) atoms. The zero-order chi connectivity index (χ0) is 16.7. The summed E-state index contributed by atoms with van der Waals surface area (Å²) in [5, 5.41) is 11.0. The van der Waals surface area contributed by atoms with Gasteiger partial charge in [-0.15, -0.1) is 0 Å². The normalized spacial score (nSPS) is 17.4. The molecular weight excluding hydrogens is 304 g/mol. The molecule has 4 rings (SSSR count). The van der Waals surface area contributed by atoms with Gasteiger partial charge in [0.15, 0.2) is 0 Å². The summed E-state index contributed by atoms with van der Waals surface area (Å²) in [5.74, 6) is 2.35. The third-order valence-corrected chi connectivity index (χ3v) is 4.13. The third kappa shape index (κ3) is 2.47. The Labute approximate surface area is 139 Å². The largest absolute Gasteiger partial charge is 0.466 e. The Bertz CT molecular complexity index is 895.